The van der Waals surface area contributed by atoms with Crippen LogP contribution in [0.2, 0.25) is 0 Å². The predicted octanol–water partition coefficient (Wildman–Crippen LogP) is 5.01. The number of aromatic nitrogens is 4. The first kappa shape index (κ1) is 29.4. The maximum Gasteiger partial charge on any atom is 0.223 e. The van der Waals surface area contributed by atoms with E-state index >= 15 is 0 Å². The van der Waals surface area contributed by atoms with Crippen LogP contribution in [0.1, 0.15) is 47.2 Å². The molecule has 0 unspecified atom stereocenters. The van der Waals surface area contributed by atoms with E-state index in [0.717, 1.165) is 77.5 Å². The second kappa shape index (κ2) is 13.8. The molecule has 5 aromatic rings. The lowest BCUT2D eigenvalue weighted by Gasteiger charge is -2.26. The Hall–Kier alpha value is -4.63. The van der Waals surface area contributed by atoms with Gasteiger partial charge in [0, 0.05) is 47.5 Å². The molecule has 1 saturated heterocycles. The highest BCUT2D eigenvalue weighted by atomic mass is 16.5. The van der Waals surface area contributed by atoms with Crippen molar-refractivity contribution in [1.29, 1.82) is 0 Å². The van der Waals surface area contributed by atoms with Crippen molar-refractivity contribution in [3.8, 4) is 11.5 Å². The van der Waals surface area contributed by atoms with Crippen molar-refractivity contribution in [2.45, 2.75) is 44.7 Å². The molecule has 6 rings (SSSR count). The fraction of sp³-hybridized carbons (Fsp3) is 0.343. The SMILES string of the molecule is COc1ccc(Cn2c(CCc3ccccc3)nnc2[C@@H](Cc2c[nH]c3ccccc23)NC(=O)C2CCNCC2)c(OC)c1. The highest BCUT2D eigenvalue weighted by molar-refractivity contribution is 5.83. The second-order valence-electron chi connectivity index (χ2n) is 11.4. The smallest absolute Gasteiger partial charge is 0.223 e. The number of hydrogen-bond acceptors (Lipinski definition) is 6. The molecule has 9 heteroatoms. The molecule has 0 saturated carbocycles. The zero-order valence-corrected chi connectivity index (χ0v) is 25.4. The number of benzene rings is 3. The summed E-state index contributed by atoms with van der Waals surface area (Å²) < 4.78 is 13.4. The maximum absolute atomic E-state index is 13.7. The predicted molar refractivity (Wildman–Crippen MR) is 171 cm³/mol. The van der Waals surface area contributed by atoms with Gasteiger partial charge in [0.05, 0.1) is 26.8 Å². The third-order valence-corrected chi connectivity index (χ3v) is 8.60. The fourth-order valence-corrected chi connectivity index (χ4v) is 6.12. The lowest BCUT2D eigenvalue weighted by Crippen LogP contribution is -2.41. The van der Waals surface area contributed by atoms with E-state index in [2.05, 4.69) is 56.6 Å². The number of carbonyl (C=O) groups excluding carboxylic acids is 1. The molecule has 44 heavy (non-hydrogen) atoms. The van der Waals surface area contributed by atoms with Crippen molar-refractivity contribution >= 4 is 16.8 Å². The molecule has 3 N–H and O–H groups in total. The van der Waals surface area contributed by atoms with Crippen molar-refractivity contribution in [1.82, 2.24) is 30.4 Å². The summed E-state index contributed by atoms with van der Waals surface area (Å²) >= 11 is 0. The number of H-pyrrole nitrogens is 1. The number of hydrogen-bond donors (Lipinski definition) is 3. The molecule has 9 nitrogen and oxygen atoms in total. The topological polar surface area (TPSA) is 106 Å². The minimum Gasteiger partial charge on any atom is -0.497 e. The first-order valence-electron chi connectivity index (χ1n) is 15.4. The van der Waals surface area contributed by atoms with Crippen molar-refractivity contribution in [2.24, 2.45) is 5.92 Å². The number of para-hydroxylation sites is 1. The number of carbonyl (C=O) groups is 1. The number of rotatable bonds is 12. The van der Waals surface area contributed by atoms with Gasteiger partial charge in [-0.05, 0) is 61.7 Å². The summed E-state index contributed by atoms with van der Waals surface area (Å²) in [7, 11) is 3.31. The third-order valence-electron chi connectivity index (χ3n) is 8.60. The van der Waals surface area contributed by atoms with Gasteiger partial charge in [-0.3, -0.25) is 4.79 Å². The second-order valence-corrected chi connectivity index (χ2v) is 11.4. The van der Waals surface area contributed by atoms with Gasteiger partial charge in [-0.15, -0.1) is 10.2 Å². The number of fused-ring (bicyclic) bond motifs is 1. The molecule has 2 aromatic heterocycles. The van der Waals surface area contributed by atoms with Crippen molar-refractivity contribution in [2.75, 3.05) is 27.3 Å². The Kier molecular flexibility index (Phi) is 9.22. The van der Waals surface area contributed by atoms with Crippen LogP contribution in [0.15, 0.2) is 79.0 Å². The normalized spacial score (nSPS) is 14.4. The van der Waals surface area contributed by atoms with E-state index in [1.54, 1.807) is 14.2 Å². The Morgan fingerprint density at radius 2 is 1.75 bits per heavy atom. The number of aryl methyl sites for hydroxylation is 2. The molecule has 1 amide bonds. The van der Waals surface area contributed by atoms with Gasteiger partial charge in [0.15, 0.2) is 5.82 Å². The molecule has 1 aliphatic rings. The van der Waals surface area contributed by atoms with Crippen molar-refractivity contribution in [3.63, 3.8) is 0 Å². The maximum atomic E-state index is 13.7. The zero-order valence-electron chi connectivity index (χ0n) is 25.4. The number of methoxy groups -OCH3 is 2. The number of piperidine rings is 1. The van der Waals surface area contributed by atoms with Gasteiger partial charge in [0.1, 0.15) is 17.3 Å². The molecular weight excluding hydrogens is 552 g/mol. The van der Waals surface area contributed by atoms with Crippen LogP contribution >= 0.6 is 0 Å². The molecule has 3 aromatic carbocycles. The van der Waals surface area contributed by atoms with E-state index in [-0.39, 0.29) is 17.9 Å². The van der Waals surface area contributed by atoms with E-state index in [9.17, 15) is 4.79 Å². The van der Waals surface area contributed by atoms with Crippen LogP contribution in [-0.4, -0.2) is 53.0 Å². The van der Waals surface area contributed by atoms with Gasteiger partial charge in [0.25, 0.3) is 0 Å². The molecule has 1 atom stereocenters. The van der Waals surface area contributed by atoms with Gasteiger partial charge in [-0.25, -0.2) is 0 Å². The quantitative estimate of drug-likeness (QED) is 0.188. The highest BCUT2D eigenvalue weighted by Crippen LogP contribution is 2.29. The molecule has 0 bridgehead atoms. The Bertz CT molecular complexity index is 1690. The standard InChI is InChI=1S/C35H40N6O3/c1-43-28-14-13-26(32(21-28)44-2)23-41-33(15-12-24-8-4-3-5-9-24)39-40-34(41)31(38-35(42)25-16-18-36-19-17-25)20-27-22-37-30-11-7-6-10-29(27)30/h3-11,13-14,21-22,25,31,36-37H,12,15-20,23H2,1-2H3,(H,38,42)/t31-/m1/s1. The monoisotopic (exact) mass is 592 g/mol. The summed E-state index contributed by atoms with van der Waals surface area (Å²) in [6, 6.07) is 24.1. The number of nitrogens with one attached hydrogen (secondary N) is 3. The highest BCUT2D eigenvalue weighted by Gasteiger charge is 2.29. The summed E-state index contributed by atoms with van der Waals surface area (Å²) in [6.07, 6.45) is 5.80. The summed E-state index contributed by atoms with van der Waals surface area (Å²) in [5, 5.41) is 17.4. The van der Waals surface area contributed by atoms with E-state index in [0.29, 0.717) is 19.4 Å². The summed E-state index contributed by atoms with van der Waals surface area (Å²) in [5.74, 6) is 3.09. The first-order valence-corrected chi connectivity index (χ1v) is 15.4. The minimum atomic E-state index is -0.376. The molecule has 228 valence electrons. The first-order chi connectivity index (χ1) is 21.6. The molecule has 0 aliphatic carbocycles. The fourth-order valence-electron chi connectivity index (χ4n) is 6.12. The van der Waals surface area contributed by atoms with Crippen LogP contribution < -0.4 is 20.1 Å². The Balaban J connectivity index is 1.39. The van der Waals surface area contributed by atoms with E-state index in [4.69, 9.17) is 19.7 Å². The van der Waals surface area contributed by atoms with Crippen LogP contribution in [0.5, 0.6) is 11.5 Å². The Labute approximate surface area is 258 Å². The number of nitrogens with zero attached hydrogens (tertiary/aromatic N) is 3. The van der Waals surface area contributed by atoms with Gasteiger partial charge < -0.3 is 29.7 Å². The van der Waals surface area contributed by atoms with Gasteiger partial charge in [-0.1, -0.05) is 48.5 Å². The average Bonchev–Trinajstić information content (AvgIpc) is 3.68. The van der Waals surface area contributed by atoms with E-state index < -0.39 is 0 Å². The lowest BCUT2D eigenvalue weighted by atomic mass is 9.96. The number of aromatic amines is 1. The van der Waals surface area contributed by atoms with Crippen LogP contribution in [0.3, 0.4) is 0 Å². The Morgan fingerprint density at radius 1 is 0.955 bits per heavy atom. The van der Waals surface area contributed by atoms with Gasteiger partial charge in [-0.2, -0.15) is 0 Å². The van der Waals surface area contributed by atoms with Crippen LogP contribution in [0.25, 0.3) is 10.9 Å². The summed E-state index contributed by atoms with van der Waals surface area (Å²) in [5.41, 5.74) is 4.41. The number of amides is 1. The van der Waals surface area contributed by atoms with Gasteiger partial charge in [0.2, 0.25) is 5.91 Å². The lowest BCUT2D eigenvalue weighted by molar-refractivity contribution is -0.126. The zero-order chi connectivity index (χ0) is 30.3. The van der Waals surface area contributed by atoms with Crippen LogP contribution in [-0.2, 0) is 30.6 Å². The Morgan fingerprint density at radius 3 is 2.55 bits per heavy atom. The van der Waals surface area contributed by atoms with Crippen molar-refractivity contribution < 1.29 is 14.3 Å². The summed E-state index contributed by atoms with van der Waals surface area (Å²) in [4.78, 5) is 17.1. The molecule has 0 spiro atoms. The van der Waals surface area contributed by atoms with Crippen LogP contribution in [0.4, 0.5) is 0 Å². The van der Waals surface area contributed by atoms with Crippen LogP contribution in [0, 0.1) is 5.92 Å². The minimum absolute atomic E-state index is 0.0303. The van der Waals surface area contributed by atoms with Gasteiger partial charge >= 0.3 is 0 Å². The average molecular weight is 593 g/mol. The summed E-state index contributed by atoms with van der Waals surface area (Å²) in [6.45, 7) is 2.19. The van der Waals surface area contributed by atoms with E-state index in [1.165, 1.54) is 5.56 Å². The molecule has 1 fully saturated rings. The van der Waals surface area contributed by atoms with Crippen molar-refractivity contribution in [3.05, 3.63) is 107 Å². The molecule has 3 heterocycles. The molecule has 1 aliphatic heterocycles. The molecular formula is C35H40N6O3. The molecule has 0 radical (unpaired) electrons. The number of ether oxygens (including phenoxy) is 2. The third kappa shape index (κ3) is 6.63. The largest absolute Gasteiger partial charge is 0.497 e. The van der Waals surface area contributed by atoms with E-state index in [1.807, 2.05) is 42.6 Å².